The third-order valence-electron chi connectivity index (χ3n) is 5.33. The minimum absolute atomic E-state index is 0.0190. The molecule has 1 amide bonds. The van der Waals surface area contributed by atoms with Crippen molar-refractivity contribution in [3.63, 3.8) is 0 Å². The predicted octanol–water partition coefficient (Wildman–Crippen LogP) is 2.69. The van der Waals surface area contributed by atoms with Gasteiger partial charge < -0.3 is 15.0 Å². The zero-order valence-electron chi connectivity index (χ0n) is 13.9. The van der Waals surface area contributed by atoms with Crippen LogP contribution < -0.4 is 10.1 Å². The number of ether oxygens (including phenoxy) is 1. The van der Waals surface area contributed by atoms with Crippen molar-refractivity contribution in [1.82, 2.24) is 10.2 Å². The van der Waals surface area contributed by atoms with Crippen molar-refractivity contribution in [2.24, 2.45) is 0 Å². The monoisotopic (exact) mass is 314 g/mol. The highest BCUT2D eigenvalue weighted by molar-refractivity contribution is 5.82. The summed E-state index contributed by atoms with van der Waals surface area (Å²) in [6.07, 6.45) is 5.52. The lowest BCUT2D eigenvalue weighted by molar-refractivity contribution is -0.128. The van der Waals surface area contributed by atoms with E-state index in [-0.39, 0.29) is 11.4 Å². The van der Waals surface area contributed by atoms with Crippen LogP contribution in [0.4, 0.5) is 0 Å². The van der Waals surface area contributed by atoms with Crippen LogP contribution in [0.1, 0.15) is 50.5 Å². The molecule has 0 aromatic heterocycles. The summed E-state index contributed by atoms with van der Waals surface area (Å²) in [5, 5.41) is 3.25. The Morgan fingerprint density at radius 3 is 2.70 bits per heavy atom. The van der Waals surface area contributed by atoms with Gasteiger partial charge in [-0.1, -0.05) is 18.2 Å². The summed E-state index contributed by atoms with van der Waals surface area (Å²) >= 11 is 0. The summed E-state index contributed by atoms with van der Waals surface area (Å²) < 4.78 is 6.00. The molecular formula is C19H26N2O2. The Labute approximate surface area is 138 Å². The Hall–Kier alpha value is -1.55. The minimum atomic E-state index is -0.441. The Kier molecular flexibility index (Phi) is 3.80. The first-order chi connectivity index (χ1) is 11.2. The van der Waals surface area contributed by atoms with Crippen molar-refractivity contribution in [3.8, 4) is 5.75 Å². The van der Waals surface area contributed by atoms with Crippen molar-refractivity contribution >= 4 is 5.91 Å². The molecule has 4 nitrogen and oxygen atoms in total. The van der Waals surface area contributed by atoms with E-state index in [1.54, 1.807) is 0 Å². The second kappa shape index (κ2) is 5.82. The Morgan fingerprint density at radius 1 is 1.35 bits per heavy atom. The van der Waals surface area contributed by atoms with E-state index in [9.17, 15) is 4.79 Å². The fraction of sp³-hybridized carbons (Fsp3) is 0.632. The molecule has 0 bridgehead atoms. The lowest BCUT2D eigenvalue weighted by atomic mass is 10.1. The van der Waals surface area contributed by atoms with Crippen molar-refractivity contribution in [3.05, 3.63) is 29.8 Å². The summed E-state index contributed by atoms with van der Waals surface area (Å²) in [6.45, 7) is 5.22. The molecule has 124 valence electrons. The molecule has 0 radical (unpaired) electrons. The number of carbonyl (C=O) groups is 1. The van der Waals surface area contributed by atoms with Crippen molar-refractivity contribution < 1.29 is 9.53 Å². The second-order valence-electron chi connectivity index (χ2n) is 7.47. The zero-order chi connectivity index (χ0) is 15.9. The smallest absolute Gasteiger partial charge is 0.261 e. The number of nitrogens with zero attached hydrogens (tertiary/aromatic N) is 1. The summed E-state index contributed by atoms with van der Waals surface area (Å²) in [7, 11) is 0. The molecule has 4 rings (SSSR count). The fourth-order valence-corrected chi connectivity index (χ4v) is 3.37. The molecule has 1 aliphatic heterocycles. The molecule has 1 N–H and O–H groups in total. The molecule has 3 fully saturated rings. The summed E-state index contributed by atoms with van der Waals surface area (Å²) in [5.74, 6) is 1.53. The van der Waals surface area contributed by atoms with E-state index in [1.165, 1.54) is 37.9 Å². The number of para-hydroxylation sites is 1. The third kappa shape index (κ3) is 3.37. The van der Waals surface area contributed by atoms with Crippen LogP contribution in [0.15, 0.2) is 24.3 Å². The molecule has 1 atom stereocenters. The molecule has 2 aliphatic carbocycles. The number of nitrogens with one attached hydrogen (secondary N) is 1. The fourth-order valence-electron chi connectivity index (χ4n) is 3.37. The van der Waals surface area contributed by atoms with Gasteiger partial charge in [0.15, 0.2) is 6.10 Å². The SMILES string of the molecule is CC(Oc1ccccc1C1CC1)C(=O)NC1(CN2CCC2)CC1. The van der Waals surface area contributed by atoms with Gasteiger partial charge in [0.25, 0.3) is 5.91 Å². The first kappa shape index (κ1) is 15.0. The van der Waals surface area contributed by atoms with Gasteiger partial charge in [0.05, 0.1) is 5.54 Å². The topological polar surface area (TPSA) is 41.6 Å². The number of hydrogen-bond donors (Lipinski definition) is 1. The van der Waals surface area contributed by atoms with Crippen LogP contribution in [0.3, 0.4) is 0 Å². The van der Waals surface area contributed by atoms with Gasteiger partial charge in [-0.3, -0.25) is 4.79 Å². The Bertz CT molecular complexity index is 589. The van der Waals surface area contributed by atoms with Crippen LogP contribution in [0.25, 0.3) is 0 Å². The third-order valence-corrected chi connectivity index (χ3v) is 5.33. The quantitative estimate of drug-likeness (QED) is 0.841. The van der Waals surface area contributed by atoms with Crippen LogP contribution in [-0.2, 0) is 4.79 Å². The van der Waals surface area contributed by atoms with Crippen molar-refractivity contribution in [1.29, 1.82) is 0 Å². The minimum Gasteiger partial charge on any atom is -0.481 e. The lowest BCUT2D eigenvalue weighted by Gasteiger charge is -2.35. The normalized spacial score (nSPS) is 23.7. The van der Waals surface area contributed by atoms with Gasteiger partial charge in [0, 0.05) is 6.54 Å². The highest BCUT2D eigenvalue weighted by Crippen LogP contribution is 2.44. The average molecular weight is 314 g/mol. The number of carbonyl (C=O) groups excluding carboxylic acids is 1. The molecule has 1 saturated heterocycles. The van der Waals surface area contributed by atoms with E-state index in [1.807, 2.05) is 19.1 Å². The first-order valence-electron chi connectivity index (χ1n) is 8.95. The van der Waals surface area contributed by atoms with Gasteiger partial charge in [-0.05, 0) is 69.7 Å². The van der Waals surface area contributed by atoms with E-state index in [2.05, 4.69) is 22.3 Å². The Balaban J connectivity index is 1.35. The van der Waals surface area contributed by atoms with Crippen LogP contribution in [0, 0.1) is 0 Å². The van der Waals surface area contributed by atoms with Gasteiger partial charge in [-0.2, -0.15) is 0 Å². The van der Waals surface area contributed by atoms with E-state index in [0.717, 1.165) is 25.1 Å². The molecule has 0 spiro atoms. The molecule has 4 heteroatoms. The molecule has 23 heavy (non-hydrogen) atoms. The molecule has 1 aromatic carbocycles. The average Bonchev–Trinajstić information content (AvgIpc) is 3.40. The number of amides is 1. The van der Waals surface area contributed by atoms with Gasteiger partial charge >= 0.3 is 0 Å². The van der Waals surface area contributed by atoms with E-state index in [4.69, 9.17) is 4.74 Å². The lowest BCUT2D eigenvalue weighted by Crippen LogP contribution is -2.52. The summed E-state index contributed by atoms with van der Waals surface area (Å²) in [5.41, 5.74) is 1.28. The zero-order valence-corrected chi connectivity index (χ0v) is 13.9. The standard InChI is InChI=1S/C19H26N2O2/c1-14(23-17-6-3-2-5-16(17)15-7-8-15)18(22)20-19(9-10-19)13-21-11-4-12-21/h2-3,5-6,14-15H,4,7-13H2,1H3,(H,20,22). The van der Waals surface area contributed by atoms with Crippen LogP contribution >= 0.6 is 0 Å². The van der Waals surface area contributed by atoms with Gasteiger partial charge in [0.2, 0.25) is 0 Å². The summed E-state index contributed by atoms with van der Waals surface area (Å²) in [6, 6.07) is 8.16. The van der Waals surface area contributed by atoms with Gasteiger partial charge in [-0.25, -0.2) is 0 Å². The maximum Gasteiger partial charge on any atom is 0.261 e. The van der Waals surface area contributed by atoms with E-state index in [0.29, 0.717) is 5.92 Å². The van der Waals surface area contributed by atoms with Crippen LogP contribution in [-0.4, -0.2) is 42.1 Å². The van der Waals surface area contributed by atoms with Crippen LogP contribution in [0.5, 0.6) is 5.75 Å². The number of rotatable bonds is 7. The second-order valence-corrected chi connectivity index (χ2v) is 7.47. The largest absolute Gasteiger partial charge is 0.481 e. The van der Waals surface area contributed by atoms with E-state index >= 15 is 0 Å². The molecule has 3 aliphatic rings. The maximum atomic E-state index is 12.5. The highest BCUT2D eigenvalue weighted by Gasteiger charge is 2.46. The van der Waals surface area contributed by atoms with Crippen LogP contribution in [0.2, 0.25) is 0 Å². The number of hydrogen-bond acceptors (Lipinski definition) is 3. The van der Waals surface area contributed by atoms with Gasteiger partial charge in [0.1, 0.15) is 5.75 Å². The molecule has 1 unspecified atom stereocenters. The highest BCUT2D eigenvalue weighted by atomic mass is 16.5. The molecule has 2 saturated carbocycles. The first-order valence-corrected chi connectivity index (χ1v) is 8.95. The van der Waals surface area contributed by atoms with Gasteiger partial charge in [-0.15, -0.1) is 0 Å². The van der Waals surface area contributed by atoms with E-state index < -0.39 is 6.10 Å². The predicted molar refractivity (Wildman–Crippen MR) is 89.7 cm³/mol. The summed E-state index contributed by atoms with van der Waals surface area (Å²) in [4.78, 5) is 15.0. The molecule has 1 heterocycles. The molecular weight excluding hydrogens is 288 g/mol. The Morgan fingerprint density at radius 2 is 2.09 bits per heavy atom. The number of benzene rings is 1. The van der Waals surface area contributed by atoms with Crippen molar-refractivity contribution in [2.75, 3.05) is 19.6 Å². The van der Waals surface area contributed by atoms with Crippen molar-refractivity contribution in [2.45, 2.75) is 56.6 Å². The number of likely N-dealkylation sites (tertiary alicyclic amines) is 1. The maximum absolute atomic E-state index is 12.5. The molecule has 1 aromatic rings.